The molecule has 3 rings (SSSR count). The Morgan fingerprint density at radius 1 is 1.38 bits per heavy atom. The van der Waals surface area contributed by atoms with Crippen LogP contribution in [0.4, 0.5) is 5.69 Å². The van der Waals surface area contributed by atoms with Crippen LogP contribution >= 0.6 is 12.4 Å². The first kappa shape index (κ1) is 20.8. The number of halogens is 1. The molecule has 146 valence electrons. The van der Waals surface area contributed by atoms with Gasteiger partial charge in [-0.25, -0.2) is 0 Å². The van der Waals surface area contributed by atoms with Crippen molar-refractivity contribution < 1.29 is 19.0 Å². The van der Waals surface area contributed by atoms with Crippen molar-refractivity contribution in [1.82, 2.24) is 0 Å². The number of methoxy groups -OCH3 is 1. The summed E-state index contributed by atoms with van der Waals surface area (Å²) in [5, 5.41) is 2.96. The quantitative estimate of drug-likeness (QED) is 0.815. The van der Waals surface area contributed by atoms with Crippen LogP contribution in [0.25, 0.3) is 0 Å². The van der Waals surface area contributed by atoms with Crippen molar-refractivity contribution in [3.63, 3.8) is 0 Å². The fourth-order valence-corrected chi connectivity index (χ4v) is 4.29. The van der Waals surface area contributed by atoms with Gasteiger partial charge in [-0.05, 0) is 31.9 Å². The minimum atomic E-state index is -0.941. The Hall–Kier alpha value is -1.50. The van der Waals surface area contributed by atoms with Gasteiger partial charge in [0.1, 0.15) is 5.54 Å². The highest BCUT2D eigenvalue weighted by Crippen LogP contribution is 2.57. The van der Waals surface area contributed by atoms with E-state index >= 15 is 0 Å². The third-order valence-corrected chi connectivity index (χ3v) is 5.78. The molecule has 1 amide bonds. The number of carbonyl (C=O) groups is 1. The number of nitrogens with one attached hydrogen (secondary N) is 1. The first-order valence-electron chi connectivity index (χ1n) is 8.89. The van der Waals surface area contributed by atoms with E-state index in [1.54, 1.807) is 25.3 Å². The molecule has 26 heavy (non-hydrogen) atoms. The van der Waals surface area contributed by atoms with Crippen LogP contribution in [-0.2, 0) is 9.53 Å². The first-order chi connectivity index (χ1) is 11.9. The SMILES string of the molecule is CCOc1ccc(NC(=O)C2(N)C3CCCOC3C2(C)C)cc1OC.Cl. The summed E-state index contributed by atoms with van der Waals surface area (Å²) < 4.78 is 16.7. The predicted octanol–water partition coefficient (Wildman–Crippen LogP) is 2.99. The monoisotopic (exact) mass is 384 g/mol. The van der Waals surface area contributed by atoms with Gasteiger partial charge in [0, 0.05) is 29.7 Å². The summed E-state index contributed by atoms with van der Waals surface area (Å²) in [4.78, 5) is 13.0. The number of ether oxygens (including phenoxy) is 3. The van der Waals surface area contributed by atoms with Gasteiger partial charge in [0.05, 0.1) is 19.8 Å². The molecule has 3 atom stereocenters. The molecular formula is C19H29ClN2O4. The molecule has 0 aromatic heterocycles. The van der Waals surface area contributed by atoms with Gasteiger partial charge in [0.2, 0.25) is 5.91 Å². The molecule has 1 saturated carbocycles. The van der Waals surface area contributed by atoms with E-state index in [0.717, 1.165) is 19.4 Å². The predicted molar refractivity (Wildman–Crippen MR) is 103 cm³/mol. The lowest BCUT2D eigenvalue weighted by Gasteiger charge is -2.65. The van der Waals surface area contributed by atoms with Gasteiger partial charge in [-0.2, -0.15) is 0 Å². The van der Waals surface area contributed by atoms with Crippen LogP contribution in [0.15, 0.2) is 18.2 Å². The second kappa shape index (κ2) is 7.62. The van der Waals surface area contributed by atoms with Gasteiger partial charge in [0.25, 0.3) is 0 Å². The largest absolute Gasteiger partial charge is 0.493 e. The molecule has 1 aromatic carbocycles. The zero-order valence-corrected chi connectivity index (χ0v) is 16.7. The molecule has 6 nitrogen and oxygen atoms in total. The van der Waals surface area contributed by atoms with Crippen LogP contribution in [0.1, 0.15) is 33.6 Å². The van der Waals surface area contributed by atoms with Crippen molar-refractivity contribution in [2.45, 2.75) is 45.3 Å². The molecular weight excluding hydrogens is 356 g/mol. The molecule has 3 N–H and O–H groups in total. The van der Waals surface area contributed by atoms with Crippen molar-refractivity contribution in [2.24, 2.45) is 17.1 Å². The number of amides is 1. The van der Waals surface area contributed by atoms with Crippen LogP contribution in [-0.4, -0.2) is 37.9 Å². The molecule has 1 aliphatic carbocycles. The Kier molecular flexibility index (Phi) is 6.10. The minimum absolute atomic E-state index is 0. The molecule has 0 spiro atoms. The molecule has 2 fully saturated rings. The maximum absolute atomic E-state index is 13.0. The molecule has 1 aromatic rings. The number of rotatable bonds is 5. The average molecular weight is 385 g/mol. The van der Waals surface area contributed by atoms with Crippen molar-refractivity contribution in [3.05, 3.63) is 18.2 Å². The second-order valence-corrected chi connectivity index (χ2v) is 7.38. The molecule has 0 bridgehead atoms. The zero-order valence-electron chi connectivity index (χ0n) is 15.8. The summed E-state index contributed by atoms with van der Waals surface area (Å²) >= 11 is 0. The van der Waals surface area contributed by atoms with Crippen molar-refractivity contribution in [3.8, 4) is 11.5 Å². The highest BCUT2D eigenvalue weighted by Gasteiger charge is 2.70. The van der Waals surface area contributed by atoms with Gasteiger partial charge in [-0.3, -0.25) is 4.79 Å². The third kappa shape index (κ3) is 3.04. The molecule has 1 saturated heterocycles. The summed E-state index contributed by atoms with van der Waals surface area (Å²) in [6.07, 6.45) is 1.91. The average Bonchev–Trinajstić information content (AvgIpc) is 2.62. The Morgan fingerprint density at radius 3 is 2.77 bits per heavy atom. The molecule has 1 heterocycles. The summed E-state index contributed by atoms with van der Waals surface area (Å²) in [5.41, 5.74) is 5.93. The number of nitrogens with two attached hydrogens (primary N) is 1. The number of anilines is 1. The summed E-state index contributed by atoms with van der Waals surface area (Å²) in [6, 6.07) is 5.35. The first-order valence-corrected chi connectivity index (χ1v) is 8.89. The van der Waals surface area contributed by atoms with Crippen molar-refractivity contribution in [1.29, 1.82) is 0 Å². The minimum Gasteiger partial charge on any atom is -0.493 e. The summed E-state index contributed by atoms with van der Waals surface area (Å²) in [5.74, 6) is 1.11. The Labute approximate surface area is 161 Å². The maximum atomic E-state index is 13.0. The van der Waals surface area contributed by atoms with E-state index in [1.807, 2.05) is 20.8 Å². The van der Waals surface area contributed by atoms with Crippen LogP contribution in [0.2, 0.25) is 0 Å². The third-order valence-electron chi connectivity index (χ3n) is 5.78. The summed E-state index contributed by atoms with van der Waals surface area (Å²) in [7, 11) is 1.58. The molecule has 2 aliphatic rings. The lowest BCUT2D eigenvalue weighted by atomic mass is 9.46. The smallest absolute Gasteiger partial charge is 0.245 e. The fraction of sp³-hybridized carbons (Fsp3) is 0.632. The van der Waals surface area contributed by atoms with E-state index in [0.29, 0.717) is 23.8 Å². The van der Waals surface area contributed by atoms with E-state index in [2.05, 4.69) is 5.32 Å². The highest BCUT2D eigenvalue weighted by atomic mass is 35.5. The fourth-order valence-electron chi connectivity index (χ4n) is 4.29. The Bertz CT molecular complexity index is 667. The van der Waals surface area contributed by atoms with Crippen LogP contribution in [0.5, 0.6) is 11.5 Å². The number of hydrogen-bond acceptors (Lipinski definition) is 5. The summed E-state index contributed by atoms with van der Waals surface area (Å²) in [6.45, 7) is 7.23. The zero-order chi connectivity index (χ0) is 18.2. The number of carbonyl (C=O) groups excluding carboxylic acids is 1. The van der Waals surface area contributed by atoms with E-state index < -0.39 is 11.0 Å². The van der Waals surface area contributed by atoms with Crippen LogP contribution < -0.4 is 20.5 Å². The molecule has 3 unspecified atom stereocenters. The lowest BCUT2D eigenvalue weighted by Crippen LogP contribution is -2.81. The van der Waals surface area contributed by atoms with Crippen LogP contribution in [0, 0.1) is 11.3 Å². The Balaban J connectivity index is 0.00000243. The van der Waals surface area contributed by atoms with E-state index in [-0.39, 0.29) is 30.3 Å². The number of hydrogen-bond donors (Lipinski definition) is 2. The van der Waals surface area contributed by atoms with E-state index in [1.165, 1.54) is 0 Å². The standard InChI is InChI=1S/C19H28N2O4.ClH/c1-5-24-14-9-8-12(11-15(14)23-4)21-17(22)19(20)13-7-6-10-25-16(13)18(19,2)3;/h8-9,11,13,16H,5-7,10,20H2,1-4H3,(H,21,22);1H. The number of benzene rings is 1. The molecule has 0 radical (unpaired) electrons. The molecule has 1 aliphatic heterocycles. The molecule has 7 heteroatoms. The van der Waals surface area contributed by atoms with Gasteiger partial charge in [-0.1, -0.05) is 13.8 Å². The maximum Gasteiger partial charge on any atom is 0.245 e. The van der Waals surface area contributed by atoms with Crippen LogP contribution in [0.3, 0.4) is 0 Å². The Morgan fingerprint density at radius 2 is 2.12 bits per heavy atom. The van der Waals surface area contributed by atoms with E-state index in [9.17, 15) is 4.79 Å². The van der Waals surface area contributed by atoms with Crippen molar-refractivity contribution in [2.75, 3.05) is 25.6 Å². The lowest BCUT2D eigenvalue weighted by molar-refractivity contribution is -0.222. The van der Waals surface area contributed by atoms with Gasteiger partial charge < -0.3 is 25.3 Å². The number of fused-ring (bicyclic) bond motifs is 1. The normalized spacial score (nSPS) is 28.8. The second-order valence-electron chi connectivity index (χ2n) is 7.38. The highest BCUT2D eigenvalue weighted by molar-refractivity contribution is 6.00. The topological polar surface area (TPSA) is 82.8 Å². The van der Waals surface area contributed by atoms with Gasteiger partial charge in [0.15, 0.2) is 11.5 Å². The van der Waals surface area contributed by atoms with Crippen molar-refractivity contribution >= 4 is 24.0 Å². The van der Waals surface area contributed by atoms with Gasteiger partial charge in [-0.15, -0.1) is 12.4 Å². The van der Waals surface area contributed by atoms with E-state index in [4.69, 9.17) is 19.9 Å². The van der Waals surface area contributed by atoms with Gasteiger partial charge >= 0.3 is 0 Å².